The first kappa shape index (κ1) is 17.9. The maximum atomic E-state index is 12.5. The molecule has 2 N–H and O–H groups in total. The predicted octanol–water partition coefficient (Wildman–Crippen LogP) is 1.28. The minimum Gasteiger partial charge on any atom is -0.480 e. The van der Waals surface area contributed by atoms with E-state index in [0.29, 0.717) is 5.69 Å². The number of anilines is 1. The Labute approximate surface area is 140 Å². The number of hydrogen-bond acceptors (Lipinski definition) is 4. The van der Waals surface area contributed by atoms with Crippen molar-refractivity contribution in [2.75, 3.05) is 25.7 Å². The molecule has 0 heterocycles. The molecule has 1 atom stereocenters. The second-order valence-electron chi connectivity index (χ2n) is 5.83. The normalized spacial score (nSPS) is 14.8. The molecule has 1 fully saturated rings. The Morgan fingerprint density at radius 2 is 2.00 bits per heavy atom. The van der Waals surface area contributed by atoms with Crippen LogP contribution >= 0.6 is 0 Å². The number of aliphatic carboxylic acids is 1. The van der Waals surface area contributed by atoms with E-state index in [-0.39, 0.29) is 30.4 Å². The smallest absolute Gasteiger partial charge is 0.326 e. The minimum atomic E-state index is -1.12. The summed E-state index contributed by atoms with van der Waals surface area (Å²) in [6.07, 6.45) is 1.90. The molecular formula is C17H22N2O5. The van der Waals surface area contributed by atoms with Gasteiger partial charge in [0.2, 0.25) is 5.91 Å². The molecule has 24 heavy (non-hydrogen) atoms. The highest BCUT2D eigenvalue weighted by Gasteiger charge is 2.33. The van der Waals surface area contributed by atoms with Crippen LogP contribution in [0.25, 0.3) is 0 Å². The molecule has 2 rings (SSSR count). The fraction of sp³-hybridized carbons (Fsp3) is 0.471. The summed E-state index contributed by atoms with van der Waals surface area (Å²) >= 11 is 0. The third-order valence-corrected chi connectivity index (χ3v) is 3.98. The van der Waals surface area contributed by atoms with E-state index in [1.165, 1.54) is 12.0 Å². The fourth-order valence-electron chi connectivity index (χ4n) is 2.41. The SMILES string of the molecule is COCCC(NC(=O)c1ccccc1N(C)C(=O)C1CC1)C(=O)O. The van der Waals surface area contributed by atoms with Gasteiger partial charge >= 0.3 is 5.97 Å². The van der Waals surface area contributed by atoms with E-state index < -0.39 is 17.9 Å². The molecule has 1 aromatic carbocycles. The van der Waals surface area contributed by atoms with Crippen molar-refractivity contribution >= 4 is 23.5 Å². The summed E-state index contributed by atoms with van der Waals surface area (Å²) < 4.78 is 4.87. The molecule has 0 aromatic heterocycles. The summed E-state index contributed by atoms with van der Waals surface area (Å²) in [7, 11) is 3.10. The van der Waals surface area contributed by atoms with Crippen molar-refractivity contribution in [2.45, 2.75) is 25.3 Å². The van der Waals surface area contributed by atoms with Gasteiger partial charge in [0.1, 0.15) is 6.04 Å². The molecule has 1 aliphatic carbocycles. The standard InChI is InChI=1S/C17H22N2O5/c1-19(16(21)11-7-8-11)14-6-4-3-5-12(14)15(20)18-13(17(22)23)9-10-24-2/h3-6,11,13H,7-10H2,1-2H3,(H,18,20)(H,22,23). The van der Waals surface area contributed by atoms with E-state index in [4.69, 9.17) is 4.74 Å². The lowest BCUT2D eigenvalue weighted by Crippen LogP contribution is -2.42. The number of carbonyl (C=O) groups is 3. The molecule has 1 aliphatic rings. The molecule has 0 bridgehead atoms. The topological polar surface area (TPSA) is 95.9 Å². The number of carbonyl (C=O) groups excluding carboxylic acids is 2. The van der Waals surface area contributed by atoms with Crippen LogP contribution in [0.1, 0.15) is 29.6 Å². The van der Waals surface area contributed by atoms with Crippen LogP contribution < -0.4 is 10.2 Å². The summed E-state index contributed by atoms with van der Waals surface area (Å²) in [5.41, 5.74) is 0.750. The predicted molar refractivity (Wildman–Crippen MR) is 88.0 cm³/mol. The summed E-state index contributed by atoms with van der Waals surface area (Å²) in [6, 6.07) is 5.63. The average Bonchev–Trinajstić information content (AvgIpc) is 3.41. The zero-order valence-corrected chi connectivity index (χ0v) is 13.8. The van der Waals surface area contributed by atoms with Crippen molar-refractivity contribution in [3.05, 3.63) is 29.8 Å². The Balaban J connectivity index is 2.16. The molecule has 0 spiro atoms. The first-order valence-electron chi connectivity index (χ1n) is 7.85. The molecule has 7 heteroatoms. The lowest BCUT2D eigenvalue weighted by molar-refractivity contribution is -0.139. The lowest BCUT2D eigenvalue weighted by Gasteiger charge is -2.21. The van der Waals surface area contributed by atoms with Crippen LogP contribution in [-0.4, -0.2) is 49.7 Å². The van der Waals surface area contributed by atoms with Crippen LogP contribution in [0.15, 0.2) is 24.3 Å². The molecular weight excluding hydrogens is 312 g/mol. The van der Waals surface area contributed by atoms with E-state index in [0.717, 1.165) is 12.8 Å². The Bertz CT molecular complexity index is 627. The van der Waals surface area contributed by atoms with Crippen LogP contribution in [-0.2, 0) is 14.3 Å². The van der Waals surface area contributed by atoms with Gasteiger partial charge in [-0.2, -0.15) is 0 Å². The second kappa shape index (κ2) is 7.92. The van der Waals surface area contributed by atoms with Crippen molar-refractivity contribution in [3.63, 3.8) is 0 Å². The molecule has 1 unspecified atom stereocenters. The van der Waals surface area contributed by atoms with Crippen LogP contribution in [0.3, 0.4) is 0 Å². The molecule has 1 aromatic rings. The average molecular weight is 334 g/mol. The molecule has 0 saturated heterocycles. The van der Waals surface area contributed by atoms with Gasteiger partial charge in [-0.25, -0.2) is 4.79 Å². The second-order valence-corrected chi connectivity index (χ2v) is 5.83. The molecule has 2 amide bonds. The van der Waals surface area contributed by atoms with E-state index in [9.17, 15) is 19.5 Å². The third kappa shape index (κ3) is 4.32. The monoisotopic (exact) mass is 334 g/mol. The highest BCUT2D eigenvalue weighted by atomic mass is 16.5. The summed E-state index contributed by atoms with van der Waals surface area (Å²) in [6.45, 7) is 0.221. The highest BCUT2D eigenvalue weighted by molar-refractivity contribution is 6.06. The summed E-state index contributed by atoms with van der Waals surface area (Å²) in [5.74, 6) is -1.64. The van der Waals surface area contributed by atoms with E-state index in [1.807, 2.05) is 0 Å². The van der Waals surface area contributed by atoms with Gasteiger partial charge in [-0.3, -0.25) is 9.59 Å². The quantitative estimate of drug-likeness (QED) is 0.746. The van der Waals surface area contributed by atoms with Gasteiger partial charge in [0, 0.05) is 33.1 Å². The van der Waals surface area contributed by atoms with E-state index in [1.54, 1.807) is 31.3 Å². The largest absolute Gasteiger partial charge is 0.480 e. The number of carboxylic acids is 1. The van der Waals surface area contributed by atoms with Gasteiger partial charge in [-0.05, 0) is 25.0 Å². The highest BCUT2D eigenvalue weighted by Crippen LogP contribution is 2.33. The van der Waals surface area contributed by atoms with Crippen molar-refractivity contribution in [2.24, 2.45) is 5.92 Å². The van der Waals surface area contributed by atoms with Crippen molar-refractivity contribution in [3.8, 4) is 0 Å². The fourth-order valence-corrected chi connectivity index (χ4v) is 2.41. The van der Waals surface area contributed by atoms with Crippen molar-refractivity contribution in [1.82, 2.24) is 5.32 Å². The Morgan fingerprint density at radius 3 is 2.58 bits per heavy atom. The van der Waals surface area contributed by atoms with Crippen molar-refractivity contribution in [1.29, 1.82) is 0 Å². The number of ether oxygens (including phenoxy) is 1. The zero-order valence-electron chi connectivity index (χ0n) is 13.8. The number of benzene rings is 1. The number of methoxy groups -OCH3 is 1. The number of carboxylic acid groups (broad SMARTS) is 1. The molecule has 130 valence electrons. The Kier molecular flexibility index (Phi) is 5.92. The van der Waals surface area contributed by atoms with Gasteiger partial charge in [0.15, 0.2) is 0 Å². The van der Waals surface area contributed by atoms with Gasteiger partial charge < -0.3 is 20.1 Å². The van der Waals surface area contributed by atoms with Gasteiger partial charge in [0.05, 0.1) is 11.3 Å². The summed E-state index contributed by atoms with van der Waals surface area (Å²) in [5, 5.41) is 11.7. The Hall–Kier alpha value is -2.41. The molecule has 0 radical (unpaired) electrons. The van der Waals surface area contributed by atoms with Crippen LogP contribution in [0, 0.1) is 5.92 Å². The molecule has 7 nitrogen and oxygen atoms in total. The first-order valence-corrected chi connectivity index (χ1v) is 7.85. The molecule has 1 saturated carbocycles. The third-order valence-electron chi connectivity index (χ3n) is 3.98. The van der Waals surface area contributed by atoms with Crippen LogP contribution in [0.4, 0.5) is 5.69 Å². The van der Waals surface area contributed by atoms with Crippen LogP contribution in [0.2, 0.25) is 0 Å². The molecule has 0 aliphatic heterocycles. The number of hydrogen-bond donors (Lipinski definition) is 2. The van der Waals surface area contributed by atoms with E-state index in [2.05, 4.69) is 5.32 Å². The van der Waals surface area contributed by atoms with Gasteiger partial charge in [0.25, 0.3) is 5.91 Å². The van der Waals surface area contributed by atoms with Crippen LogP contribution in [0.5, 0.6) is 0 Å². The number of nitrogens with zero attached hydrogens (tertiary/aromatic N) is 1. The van der Waals surface area contributed by atoms with Gasteiger partial charge in [-0.15, -0.1) is 0 Å². The Morgan fingerprint density at radius 1 is 1.33 bits per heavy atom. The van der Waals surface area contributed by atoms with Crippen molar-refractivity contribution < 1.29 is 24.2 Å². The number of para-hydroxylation sites is 1. The van der Waals surface area contributed by atoms with E-state index >= 15 is 0 Å². The summed E-state index contributed by atoms with van der Waals surface area (Å²) in [4.78, 5) is 37.5. The zero-order chi connectivity index (χ0) is 17.7. The number of nitrogens with one attached hydrogen (secondary N) is 1. The van der Waals surface area contributed by atoms with Gasteiger partial charge in [-0.1, -0.05) is 12.1 Å². The number of amides is 2. The lowest BCUT2D eigenvalue weighted by atomic mass is 10.1. The number of rotatable bonds is 8. The maximum absolute atomic E-state index is 12.5. The minimum absolute atomic E-state index is 0.0237. The maximum Gasteiger partial charge on any atom is 0.326 e. The first-order chi connectivity index (χ1) is 11.5.